The minimum Gasteiger partial charge on any atom is -0.343 e. The number of piperidine rings is 3. The van der Waals surface area contributed by atoms with E-state index in [2.05, 4.69) is 41.0 Å². The second-order valence-electron chi connectivity index (χ2n) is 12.1. The summed E-state index contributed by atoms with van der Waals surface area (Å²) in [5.74, 6) is 0.775. The minimum atomic E-state index is -0.172. The van der Waals surface area contributed by atoms with Crippen molar-refractivity contribution in [3.63, 3.8) is 0 Å². The quantitative estimate of drug-likeness (QED) is 0.461. The van der Waals surface area contributed by atoms with Crippen LogP contribution < -0.4 is 4.90 Å². The van der Waals surface area contributed by atoms with Gasteiger partial charge in [-0.25, -0.2) is 4.39 Å². The van der Waals surface area contributed by atoms with Gasteiger partial charge in [0.05, 0.1) is 0 Å². The predicted molar refractivity (Wildman–Crippen MR) is 158 cm³/mol. The standard InChI is InChI=1S/C33H45FN4O2/c1-25-6-12-31(13-7-25)38(33(40)28-14-21-36(22-15-28)26(2)39)19-4-17-35-20-16-32-29(24-35)5-3-18-37(32)23-27-8-10-30(34)11-9-27/h6-13,28-29,32H,3-5,14-24H2,1-2H3. The molecule has 2 amide bonds. The van der Waals surface area contributed by atoms with Crippen LogP contribution in [0.3, 0.4) is 0 Å². The van der Waals surface area contributed by atoms with Gasteiger partial charge >= 0.3 is 0 Å². The van der Waals surface area contributed by atoms with Gasteiger partial charge in [-0.15, -0.1) is 0 Å². The molecule has 2 aromatic carbocycles. The van der Waals surface area contributed by atoms with Crippen LogP contribution in [0.2, 0.25) is 0 Å². The highest BCUT2D eigenvalue weighted by Crippen LogP contribution is 2.32. The molecule has 0 aliphatic carbocycles. The third-order valence-corrected chi connectivity index (χ3v) is 9.32. The fourth-order valence-corrected chi connectivity index (χ4v) is 7.01. The maximum Gasteiger partial charge on any atom is 0.230 e. The van der Waals surface area contributed by atoms with E-state index in [1.54, 1.807) is 19.1 Å². The van der Waals surface area contributed by atoms with Gasteiger partial charge in [-0.1, -0.05) is 29.8 Å². The lowest BCUT2D eigenvalue weighted by Crippen LogP contribution is -2.54. The minimum absolute atomic E-state index is 0.0259. The van der Waals surface area contributed by atoms with Gasteiger partial charge in [0.25, 0.3) is 0 Å². The monoisotopic (exact) mass is 548 g/mol. The van der Waals surface area contributed by atoms with Crippen molar-refractivity contribution in [3.05, 3.63) is 65.5 Å². The molecule has 3 aliphatic rings. The average Bonchev–Trinajstić information content (AvgIpc) is 2.97. The number of aryl methyl sites for hydroxylation is 1. The summed E-state index contributed by atoms with van der Waals surface area (Å²) in [6.45, 7) is 11.0. The van der Waals surface area contributed by atoms with E-state index in [0.29, 0.717) is 25.0 Å². The van der Waals surface area contributed by atoms with Gasteiger partial charge in [0, 0.05) is 57.3 Å². The maximum absolute atomic E-state index is 13.7. The molecule has 216 valence electrons. The summed E-state index contributed by atoms with van der Waals surface area (Å²) in [5, 5.41) is 0. The second-order valence-corrected chi connectivity index (χ2v) is 12.1. The number of carbonyl (C=O) groups is 2. The van der Waals surface area contributed by atoms with Crippen molar-refractivity contribution in [1.29, 1.82) is 0 Å². The predicted octanol–water partition coefficient (Wildman–Crippen LogP) is 5.10. The lowest BCUT2D eigenvalue weighted by Gasteiger charge is -2.47. The van der Waals surface area contributed by atoms with Crippen LogP contribution in [0.4, 0.5) is 10.1 Å². The highest BCUT2D eigenvalue weighted by atomic mass is 19.1. The molecule has 2 unspecified atom stereocenters. The van der Waals surface area contributed by atoms with Crippen molar-refractivity contribution in [1.82, 2.24) is 14.7 Å². The van der Waals surface area contributed by atoms with E-state index in [0.717, 1.165) is 64.2 Å². The fraction of sp³-hybridized carbons (Fsp3) is 0.576. The Hall–Kier alpha value is -2.77. The summed E-state index contributed by atoms with van der Waals surface area (Å²) in [5.41, 5.74) is 3.36. The molecule has 0 bridgehead atoms. The normalized spacial score (nSPS) is 22.6. The number of benzene rings is 2. The first-order valence-corrected chi connectivity index (χ1v) is 15.2. The largest absolute Gasteiger partial charge is 0.343 e. The third kappa shape index (κ3) is 7.10. The van der Waals surface area contributed by atoms with E-state index in [1.165, 1.54) is 30.4 Å². The van der Waals surface area contributed by atoms with E-state index in [-0.39, 0.29) is 23.5 Å². The van der Waals surface area contributed by atoms with Crippen molar-refractivity contribution >= 4 is 17.5 Å². The van der Waals surface area contributed by atoms with Gasteiger partial charge in [-0.3, -0.25) is 14.5 Å². The van der Waals surface area contributed by atoms with Crippen LogP contribution in [0.15, 0.2) is 48.5 Å². The molecule has 0 radical (unpaired) electrons. The van der Waals surface area contributed by atoms with Crippen LogP contribution in [-0.4, -0.2) is 78.4 Å². The lowest BCUT2D eigenvalue weighted by molar-refractivity contribution is -0.133. The number of amides is 2. The zero-order valence-electron chi connectivity index (χ0n) is 24.2. The van der Waals surface area contributed by atoms with Crippen molar-refractivity contribution in [2.45, 2.75) is 65.0 Å². The average molecular weight is 549 g/mol. The van der Waals surface area contributed by atoms with Gasteiger partial charge in [0.15, 0.2) is 0 Å². The van der Waals surface area contributed by atoms with Gasteiger partial charge in [-0.2, -0.15) is 0 Å². The number of nitrogens with zero attached hydrogens (tertiary/aromatic N) is 4. The Morgan fingerprint density at radius 1 is 0.925 bits per heavy atom. The molecule has 6 nitrogen and oxygen atoms in total. The molecule has 3 fully saturated rings. The first-order valence-electron chi connectivity index (χ1n) is 15.2. The second kappa shape index (κ2) is 13.3. The molecule has 0 spiro atoms. The Labute approximate surface area is 239 Å². The van der Waals surface area contributed by atoms with E-state index < -0.39 is 0 Å². The summed E-state index contributed by atoms with van der Waals surface area (Å²) in [6.07, 6.45) is 6.08. The topological polar surface area (TPSA) is 47.1 Å². The molecule has 2 aromatic rings. The molecule has 2 atom stereocenters. The van der Waals surface area contributed by atoms with Crippen LogP contribution in [0, 0.1) is 24.6 Å². The van der Waals surface area contributed by atoms with Gasteiger partial charge in [-0.05, 0) is 101 Å². The Morgan fingerprint density at radius 3 is 2.35 bits per heavy atom. The molecule has 3 aliphatic heterocycles. The molecular formula is C33H45FN4O2. The molecule has 3 heterocycles. The van der Waals surface area contributed by atoms with Crippen LogP contribution in [0.25, 0.3) is 0 Å². The van der Waals surface area contributed by atoms with E-state index in [4.69, 9.17) is 0 Å². The Bertz CT molecular complexity index is 1130. The molecule has 0 saturated carbocycles. The zero-order chi connectivity index (χ0) is 28.1. The van der Waals surface area contributed by atoms with Crippen LogP contribution in [0.1, 0.15) is 56.6 Å². The lowest BCUT2D eigenvalue weighted by atomic mass is 9.83. The molecular weight excluding hydrogens is 503 g/mol. The SMILES string of the molecule is CC(=O)N1CCC(C(=O)N(CCCN2CCC3C(CCCN3Cc3ccc(F)cc3)C2)c2ccc(C)cc2)CC1. The van der Waals surface area contributed by atoms with Crippen LogP contribution >= 0.6 is 0 Å². The van der Waals surface area contributed by atoms with Gasteiger partial charge < -0.3 is 14.7 Å². The summed E-state index contributed by atoms with van der Waals surface area (Å²) in [4.78, 5) is 34.6. The molecule has 5 rings (SSSR count). The number of carbonyl (C=O) groups excluding carboxylic acids is 2. The smallest absolute Gasteiger partial charge is 0.230 e. The molecule has 0 aromatic heterocycles. The molecule has 0 N–H and O–H groups in total. The van der Waals surface area contributed by atoms with Gasteiger partial charge in [0.2, 0.25) is 11.8 Å². The van der Waals surface area contributed by atoms with Crippen molar-refractivity contribution in [3.8, 4) is 0 Å². The summed E-state index contributed by atoms with van der Waals surface area (Å²) < 4.78 is 13.4. The number of anilines is 1. The van der Waals surface area contributed by atoms with Crippen molar-refractivity contribution < 1.29 is 14.0 Å². The first kappa shape index (κ1) is 28.7. The van der Waals surface area contributed by atoms with Crippen LogP contribution in [-0.2, 0) is 16.1 Å². The highest BCUT2D eigenvalue weighted by molar-refractivity contribution is 5.95. The molecule has 40 heavy (non-hydrogen) atoms. The highest BCUT2D eigenvalue weighted by Gasteiger charge is 2.36. The molecule has 3 saturated heterocycles. The summed E-state index contributed by atoms with van der Waals surface area (Å²) in [6, 6.07) is 15.9. The van der Waals surface area contributed by atoms with E-state index in [9.17, 15) is 14.0 Å². The number of likely N-dealkylation sites (tertiary alicyclic amines) is 3. The summed E-state index contributed by atoms with van der Waals surface area (Å²) >= 11 is 0. The number of halogens is 1. The van der Waals surface area contributed by atoms with Crippen molar-refractivity contribution in [2.75, 3.05) is 50.7 Å². The van der Waals surface area contributed by atoms with E-state index in [1.807, 2.05) is 21.9 Å². The number of rotatable bonds is 8. The number of fused-ring (bicyclic) bond motifs is 1. The van der Waals surface area contributed by atoms with Crippen molar-refractivity contribution in [2.24, 2.45) is 11.8 Å². The van der Waals surface area contributed by atoms with E-state index >= 15 is 0 Å². The van der Waals surface area contributed by atoms with Gasteiger partial charge in [0.1, 0.15) is 5.82 Å². The first-order chi connectivity index (χ1) is 19.4. The summed E-state index contributed by atoms with van der Waals surface area (Å²) in [7, 11) is 0. The molecule has 7 heteroatoms. The Kier molecular flexibility index (Phi) is 9.53. The number of hydrogen-bond donors (Lipinski definition) is 0. The maximum atomic E-state index is 13.7. The Balaban J connectivity index is 1.15. The fourth-order valence-electron chi connectivity index (χ4n) is 7.01. The Morgan fingerprint density at radius 2 is 1.65 bits per heavy atom. The number of hydrogen-bond acceptors (Lipinski definition) is 4. The third-order valence-electron chi connectivity index (χ3n) is 9.32. The zero-order valence-corrected chi connectivity index (χ0v) is 24.2. The van der Waals surface area contributed by atoms with Crippen LogP contribution in [0.5, 0.6) is 0 Å².